The maximum Gasteiger partial charge on any atom is 0.293 e. The molecule has 0 aliphatic carbocycles. The van der Waals surface area contributed by atoms with Crippen LogP contribution in [0, 0.1) is 10.1 Å². The number of nitro benzene ring substituents is 1. The summed E-state index contributed by atoms with van der Waals surface area (Å²) < 4.78 is 30.7. The van der Waals surface area contributed by atoms with Crippen LogP contribution in [0.4, 0.5) is 11.4 Å². The van der Waals surface area contributed by atoms with E-state index >= 15 is 0 Å². The van der Waals surface area contributed by atoms with Crippen molar-refractivity contribution in [2.24, 2.45) is 0 Å². The van der Waals surface area contributed by atoms with Gasteiger partial charge in [-0.3, -0.25) is 10.1 Å². The molecule has 2 aromatic rings. The van der Waals surface area contributed by atoms with Crippen molar-refractivity contribution in [2.45, 2.75) is 11.4 Å². The Labute approximate surface area is 121 Å². The quantitative estimate of drug-likeness (QED) is 0.508. The second-order valence-corrected chi connectivity index (χ2v) is 6.42. The Balaban J connectivity index is 2.35. The maximum atomic E-state index is 12.4. The molecule has 0 aliphatic rings. The summed E-state index contributed by atoms with van der Waals surface area (Å²) in [5, 5.41) is 10.8. The van der Waals surface area contributed by atoms with E-state index < -0.39 is 20.6 Å². The Kier molecular flexibility index (Phi) is 3.96. The third kappa shape index (κ3) is 3.03. The Morgan fingerprint density at radius 3 is 2.67 bits per heavy atom. The summed E-state index contributed by atoms with van der Waals surface area (Å²) in [6.07, 6.45) is 2.86. The van der Waals surface area contributed by atoms with Crippen LogP contribution in [0.25, 0.3) is 0 Å². The smallest absolute Gasteiger partial charge is 0.293 e. The normalized spacial score (nSPS) is 11.7. The van der Waals surface area contributed by atoms with Crippen molar-refractivity contribution in [2.75, 3.05) is 12.8 Å². The highest BCUT2D eigenvalue weighted by Gasteiger charge is 2.24. The topological polar surface area (TPSA) is 120 Å². The van der Waals surface area contributed by atoms with Crippen LogP contribution in [0.2, 0.25) is 0 Å². The minimum atomic E-state index is -3.86. The molecule has 0 atom stereocenters. The van der Waals surface area contributed by atoms with Gasteiger partial charge in [0.1, 0.15) is 5.69 Å². The van der Waals surface area contributed by atoms with Crippen molar-refractivity contribution < 1.29 is 17.8 Å². The highest BCUT2D eigenvalue weighted by molar-refractivity contribution is 7.89. The molecule has 2 rings (SSSR count). The summed E-state index contributed by atoms with van der Waals surface area (Å²) in [6, 6.07) is 5.04. The lowest BCUT2D eigenvalue weighted by Crippen LogP contribution is -2.26. The zero-order chi connectivity index (χ0) is 15.6. The van der Waals surface area contributed by atoms with Crippen molar-refractivity contribution in [3.05, 3.63) is 52.5 Å². The van der Waals surface area contributed by atoms with Gasteiger partial charge in [0, 0.05) is 25.2 Å². The minimum Gasteiger partial charge on any atom is -0.472 e. The van der Waals surface area contributed by atoms with Gasteiger partial charge in [-0.15, -0.1) is 0 Å². The number of hydrogen-bond donors (Lipinski definition) is 1. The maximum absolute atomic E-state index is 12.4. The molecule has 9 heteroatoms. The highest BCUT2D eigenvalue weighted by Crippen LogP contribution is 2.26. The van der Waals surface area contributed by atoms with Crippen LogP contribution in [0.5, 0.6) is 0 Å². The number of nitrogens with zero attached hydrogens (tertiary/aromatic N) is 2. The standard InChI is InChI=1S/C12H13N3O5S/c1-14(7-9-4-5-20-8-9)21(18,19)10-2-3-11(13)12(6-10)15(16)17/h2-6,8H,7,13H2,1H3. The molecular weight excluding hydrogens is 298 g/mol. The molecule has 0 unspecified atom stereocenters. The van der Waals surface area contributed by atoms with Gasteiger partial charge in [-0.1, -0.05) is 0 Å². The second-order valence-electron chi connectivity index (χ2n) is 4.37. The Hall–Kier alpha value is -2.39. The Bertz CT molecular complexity index is 755. The van der Waals surface area contributed by atoms with E-state index in [4.69, 9.17) is 10.2 Å². The SMILES string of the molecule is CN(Cc1ccoc1)S(=O)(=O)c1ccc(N)c([N+](=O)[O-])c1. The van der Waals surface area contributed by atoms with Crippen molar-refractivity contribution in [3.63, 3.8) is 0 Å². The molecule has 0 aliphatic heterocycles. The summed E-state index contributed by atoms with van der Waals surface area (Å²) in [4.78, 5) is 9.93. The second kappa shape index (κ2) is 5.54. The molecule has 1 aromatic carbocycles. The molecule has 8 nitrogen and oxygen atoms in total. The van der Waals surface area contributed by atoms with Gasteiger partial charge in [0.15, 0.2) is 0 Å². The molecular formula is C12H13N3O5S. The van der Waals surface area contributed by atoms with Gasteiger partial charge in [0.05, 0.1) is 22.3 Å². The zero-order valence-electron chi connectivity index (χ0n) is 11.1. The fourth-order valence-electron chi connectivity index (χ4n) is 1.75. The number of sulfonamides is 1. The van der Waals surface area contributed by atoms with Crippen LogP contribution >= 0.6 is 0 Å². The van der Waals surface area contributed by atoms with Crippen molar-refractivity contribution in [1.29, 1.82) is 0 Å². The lowest BCUT2D eigenvalue weighted by atomic mass is 10.3. The van der Waals surface area contributed by atoms with Gasteiger partial charge in [-0.2, -0.15) is 4.31 Å². The molecule has 0 spiro atoms. The third-order valence-electron chi connectivity index (χ3n) is 2.89. The van der Waals surface area contributed by atoms with Crippen LogP contribution in [0.3, 0.4) is 0 Å². The molecule has 0 amide bonds. The van der Waals surface area contributed by atoms with Crippen molar-refractivity contribution >= 4 is 21.4 Å². The molecule has 21 heavy (non-hydrogen) atoms. The number of rotatable bonds is 5. The predicted octanol–water partition coefficient (Wildman–Crippen LogP) is 1.59. The summed E-state index contributed by atoms with van der Waals surface area (Å²) in [5.74, 6) is 0. The molecule has 112 valence electrons. The number of nitrogen functional groups attached to an aromatic ring is 1. The summed E-state index contributed by atoms with van der Waals surface area (Å²) in [7, 11) is -2.48. The lowest BCUT2D eigenvalue weighted by molar-refractivity contribution is -0.384. The largest absolute Gasteiger partial charge is 0.472 e. The van der Waals surface area contributed by atoms with Gasteiger partial charge in [0.2, 0.25) is 10.0 Å². The van der Waals surface area contributed by atoms with Crippen LogP contribution in [0.1, 0.15) is 5.56 Å². The minimum absolute atomic E-state index is 0.0866. The molecule has 2 N–H and O–H groups in total. The lowest BCUT2D eigenvalue weighted by Gasteiger charge is -2.16. The van der Waals surface area contributed by atoms with E-state index in [2.05, 4.69) is 0 Å². The molecule has 0 saturated carbocycles. The number of benzene rings is 1. The van der Waals surface area contributed by atoms with Crippen LogP contribution in [-0.4, -0.2) is 24.7 Å². The molecule has 1 aromatic heterocycles. The monoisotopic (exact) mass is 311 g/mol. The van der Waals surface area contributed by atoms with Gasteiger partial charge in [-0.25, -0.2) is 8.42 Å². The average molecular weight is 311 g/mol. The predicted molar refractivity (Wildman–Crippen MR) is 74.9 cm³/mol. The van der Waals surface area contributed by atoms with Gasteiger partial charge in [-0.05, 0) is 18.2 Å². The first kappa shape index (κ1) is 15.0. The molecule has 0 bridgehead atoms. The van der Waals surface area contributed by atoms with Crippen molar-refractivity contribution in [1.82, 2.24) is 4.31 Å². The fourth-order valence-corrected chi connectivity index (χ4v) is 2.93. The number of hydrogen-bond acceptors (Lipinski definition) is 6. The first-order valence-corrected chi connectivity index (χ1v) is 7.27. The van der Waals surface area contributed by atoms with Crippen LogP contribution in [-0.2, 0) is 16.6 Å². The summed E-state index contributed by atoms with van der Waals surface area (Å²) in [6.45, 7) is 0.0943. The Morgan fingerprint density at radius 1 is 1.38 bits per heavy atom. The van der Waals surface area contributed by atoms with Crippen LogP contribution in [0.15, 0.2) is 46.1 Å². The van der Waals surface area contributed by atoms with Gasteiger partial charge >= 0.3 is 0 Å². The number of anilines is 1. The van der Waals surface area contributed by atoms with E-state index in [0.29, 0.717) is 5.56 Å². The molecule has 0 radical (unpaired) electrons. The van der Waals surface area contributed by atoms with E-state index in [9.17, 15) is 18.5 Å². The first-order valence-electron chi connectivity index (χ1n) is 5.83. The first-order chi connectivity index (χ1) is 9.82. The van der Waals surface area contributed by atoms with E-state index in [1.54, 1.807) is 6.07 Å². The molecule has 1 heterocycles. The summed E-state index contributed by atoms with van der Waals surface area (Å²) >= 11 is 0. The van der Waals surface area contributed by atoms with E-state index in [1.165, 1.54) is 31.7 Å². The van der Waals surface area contributed by atoms with Crippen molar-refractivity contribution in [3.8, 4) is 0 Å². The third-order valence-corrected chi connectivity index (χ3v) is 4.69. The molecule has 0 fully saturated rings. The van der Waals surface area contributed by atoms with E-state index in [-0.39, 0.29) is 17.1 Å². The van der Waals surface area contributed by atoms with Gasteiger partial charge in [0.25, 0.3) is 5.69 Å². The average Bonchev–Trinajstić information content (AvgIpc) is 2.91. The van der Waals surface area contributed by atoms with E-state index in [1.807, 2.05) is 0 Å². The fraction of sp³-hybridized carbons (Fsp3) is 0.167. The summed E-state index contributed by atoms with van der Waals surface area (Å²) in [5.41, 5.74) is 5.61. The van der Waals surface area contributed by atoms with E-state index in [0.717, 1.165) is 10.4 Å². The van der Waals surface area contributed by atoms with Gasteiger partial charge < -0.3 is 10.2 Å². The number of furan rings is 1. The zero-order valence-corrected chi connectivity index (χ0v) is 11.9. The van der Waals surface area contributed by atoms with Crippen LogP contribution < -0.4 is 5.73 Å². The number of nitro groups is 1. The number of nitrogens with two attached hydrogens (primary N) is 1. The highest BCUT2D eigenvalue weighted by atomic mass is 32.2. The Morgan fingerprint density at radius 2 is 2.10 bits per heavy atom. The molecule has 0 saturated heterocycles.